The first kappa shape index (κ1) is 14.6. The van der Waals surface area contributed by atoms with E-state index < -0.39 is 0 Å². The number of rotatable bonds is 6. The van der Waals surface area contributed by atoms with Gasteiger partial charge in [0.2, 0.25) is 0 Å². The van der Waals surface area contributed by atoms with Crippen molar-refractivity contribution in [3.63, 3.8) is 0 Å². The summed E-state index contributed by atoms with van der Waals surface area (Å²) in [4.78, 5) is 0. The van der Waals surface area contributed by atoms with E-state index in [1.54, 1.807) is 0 Å². The molecular formula is C17H25N. The van der Waals surface area contributed by atoms with Crippen LogP contribution in [-0.2, 0) is 0 Å². The van der Waals surface area contributed by atoms with Crippen LogP contribution in [0.4, 0.5) is 5.69 Å². The van der Waals surface area contributed by atoms with Gasteiger partial charge in [-0.2, -0.15) is 0 Å². The van der Waals surface area contributed by atoms with Gasteiger partial charge >= 0.3 is 0 Å². The fraction of sp³-hybridized carbons (Fsp3) is 0.412. The molecule has 1 aromatic rings. The zero-order valence-corrected chi connectivity index (χ0v) is 12.0. The van der Waals surface area contributed by atoms with Gasteiger partial charge in [-0.3, -0.25) is 0 Å². The third-order valence-electron chi connectivity index (χ3n) is 2.79. The number of nitrogens with one attached hydrogen (secondary N) is 1. The molecule has 0 fully saturated rings. The fourth-order valence-electron chi connectivity index (χ4n) is 1.94. The Hall–Kier alpha value is -1.50. The van der Waals surface area contributed by atoms with Crippen LogP contribution in [0.3, 0.4) is 0 Å². The maximum Gasteiger partial charge on any atom is 0.0418 e. The van der Waals surface area contributed by atoms with E-state index in [0.29, 0.717) is 6.04 Å². The Morgan fingerprint density at radius 2 is 1.83 bits per heavy atom. The molecule has 98 valence electrons. The first-order chi connectivity index (χ1) is 8.58. The summed E-state index contributed by atoms with van der Waals surface area (Å²) in [6.07, 6.45) is 6.90. The smallest absolute Gasteiger partial charge is 0.0418 e. The van der Waals surface area contributed by atoms with Gasteiger partial charge in [-0.05, 0) is 52.7 Å². The van der Waals surface area contributed by atoms with Crippen molar-refractivity contribution in [2.45, 2.75) is 46.6 Å². The van der Waals surface area contributed by atoms with E-state index in [2.05, 4.69) is 69.4 Å². The van der Waals surface area contributed by atoms with Crippen LogP contribution in [0.5, 0.6) is 0 Å². The minimum absolute atomic E-state index is 0.374. The van der Waals surface area contributed by atoms with Crippen molar-refractivity contribution in [2.75, 3.05) is 5.32 Å². The molecule has 0 bridgehead atoms. The maximum absolute atomic E-state index is 3.48. The van der Waals surface area contributed by atoms with Gasteiger partial charge in [-0.25, -0.2) is 0 Å². The highest BCUT2D eigenvalue weighted by atomic mass is 14.9. The van der Waals surface area contributed by atoms with Crippen molar-refractivity contribution in [2.24, 2.45) is 0 Å². The molecular weight excluding hydrogens is 218 g/mol. The maximum atomic E-state index is 3.48. The minimum atomic E-state index is 0.374. The van der Waals surface area contributed by atoms with Crippen LogP contribution in [0.2, 0.25) is 0 Å². The number of allylic oxidation sites excluding steroid dienone is 3. The summed E-state index contributed by atoms with van der Waals surface area (Å²) < 4.78 is 0. The zero-order valence-electron chi connectivity index (χ0n) is 12.0. The predicted octanol–water partition coefficient (Wildman–Crippen LogP) is 5.18. The highest BCUT2D eigenvalue weighted by Crippen LogP contribution is 2.11. The van der Waals surface area contributed by atoms with Gasteiger partial charge in [0.15, 0.2) is 0 Å². The normalized spacial score (nSPS) is 13.0. The van der Waals surface area contributed by atoms with E-state index in [1.165, 1.54) is 16.8 Å². The summed E-state index contributed by atoms with van der Waals surface area (Å²) in [7, 11) is 0. The van der Waals surface area contributed by atoms with Crippen LogP contribution in [0.25, 0.3) is 0 Å². The Bertz CT molecular complexity index is 397. The lowest BCUT2D eigenvalue weighted by atomic mass is 10.1. The lowest BCUT2D eigenvalue weighted by Crippen LogP contribution is -2.12. The van der Waals surface area contributed by atoms with Crippen LogP contribution in [0.1, 0.15) is 40.5 Å². The highest BCUT2D eigenvalue weighted by molar-refractivity contribution is 5.44. The Morgan fingerprint density at radius 3 is 2.44 bits per heavy atom. The topological polar surface area (TPSA) is 12.0 Å². The molecule has 0 saturated heterocycles. The van der Waals surface area contributed by atoms with E-state index in [9.17, 15) is 0 Å². The molecule has 0 heterocycles. The summed E-state index contributed by atoms with van der Waals surface area (Å²) in [5.74, 6) is 0. The van der Waals surface area contributed by atoms with Gasteiger partial charge in [-0.15, -0.1) is 0 Å². The van der Waals surface area contributed by atoms with E-state index >= 15 is 0 Å². The minimum Gasteiger partial charge on any atom is -0.379 e. The van der Waals surface area contributed by atoms with Crippen LogP contribution in [-0.4, -0.2) is 6.04 Å². The zero-order chi connectivity index (χ0) is 13.4. The van der Waals surface area contributed by atoms with Crippen molar-refractivity contribution in [3.8, 4) is 0 Å². The quantitative estimate of drug-likeness (QED) is 0.679. The first-order valence-corrected chi connectivity index (χ1v) is 6.70. The second-order valence-corrected chi connectivity index (χ2v) is 5.13. The molecule has 0 aliphatic rings. The summed E-state index contributed by atoms with van der Waals surface area (Å²) in [5, 5.41) is 3.48. The molecule has 1 aromatic carbocycles. The van der Waals surface area contributed by atoms with Gasteiger partial charge in [-0.1, -0.05) is 41.5 Å². The molecule has 0 amide bonds. The Morgan fingerprint density at radius 1 is 1.17 bits per heavy atom. The highest BCUT2D eigenvalue weighted by Gasteiger charge is 1.98. The lowest BCUT2D eigenvalue weighted by molar-refractivity contribution is 0.917. The van der Waals surface area contributed by atoms with Crippen molar-refractivity contribution in [3.05, 3.63) is 53.6 Å². The van der Waals surface area contributed by atoms with E-state index in [4.69, 9.17) is 0 Å². The molecule has 0 radical (unpaired) electrons. The number of benzene rings is 1. The average molecular weight is 243 g/mol. The van der Waals surface area contributed by atoms with Crippen molar-refractivity contribution in [1.82, 2.24) is 0 Å². The molecule has 0 spiro atoms. The molecule has 0 aromatic heterocycles. The van der Waals surface area contributed by atoms with Crippen molar-refractivity contribution < 1.29 is 0 Å². The molecule has 0 aliphatic carbocycles. The van der Waals surface area contributed by atoms with Gasteiger partial charge in [0, 0.05) is 11.7 Å². The summed E-state index contributed by atoms with van der Waals surface area (Å²) in [6.45, 7) is 8.71. The number of hydrogen-bond acceptors (Lipinski definition) is 1. The predicted molar refractivity (Wildman–Crippen MR) is 81.9 cm³/mol. The largest absolute Gasteiger partial charge is 0.379 e. The summed E-state index contributed by atoms with van der Waals surface area (Å²) in [5.41, 5.74) is 4.03. The molecule has 1 nitrogen and oxygen atoms in total. The molecule has 0 saturated carbocycles. The van der Waals surface area contributed by atoms with Crippen LogP contribution < -0.4 is 5.32 Å². The third kappa shape index (κ3) is 6.29. The van der Waals surface area contributed by atoms with Crippen LogP contribution in [0.15, 0.2) is 53.6 Å². The Labute approximate surface area is 112 Å². The summed E-state index contributed by atoms with van der Waals surface area (Å²) >= 11 is 0. The second-order valence-electron chi connectivity index (χ2n) is 5.13. The van der Waals surface area contributed by atoms with Crippen LogP contribution >= 0.6 is 0 Å². The van der Waals surface area contributed by atoms with E-state index in [1.807, 2.05) is 6.07 Å². The Kier molecular flexibility index (Phi) is 6.27. The molecule has 1 unspecified atom stereocenters. The van der Waals surface area contributed by atoms with Gasteiger partial charge < -0.3 is 5.32 Å². The molecule has 1 atom stereocenters. The average Bonchev–Trinajstić information content (AvgIpc) is 2.29. The third-order valence-corrected chi connectivity index (χ3v) is 2.79. The molecule has 0 aliphatic heterocycles. The van der Waals surface area contributed by atoms with Gasteiger partial charge in [0.1, 0.15) is 0 Å². The van der Waals surface area contributed by atoms with Crippen molar-refractivity contribution in [1.29, 1.82) is 0 Å². The molecule has 1 N–H and O–H groups in total. The van der Waals surface area contributed by atoms with E-state index in [0.717, 1.165) is 12.8 Å². The molecule has 18 heavy (non-hydrogen) atoms. The van der Waals surface area contributed by atoms with Gasteiger partial charge in [0.25, 0.3) is 0 Å². The SMILES string of the molecule is CC(C)=CCCC(C)=CC(C)Nc1ccccc1. The van der Waals surface area contributed by atoms with Gasteiger partial charge in [0.05, 0.1) is 0 Å². The second kappa shape index (κ2) is 7.75. The number of hydrogen-bond donors (Lipinski definition) is 1. The number of anilines is 1. The van der Waals surface area contributed by atoms with Crippen molar-refractivity contribution >= 4 is 5.69 Å². The number of para-hydroxylation sites is 1. The molecule has 1 heteroatoms. The van der Waals surface area contributed by atoms with Crippen LogP contribution in [0, 0.1) is 0 Å². The summed E-state index contributed by atoms with van der Waals surface area (Å²) in [6, 6.07) is 10.7. The Balaban J connectivity index is 2.42. The fourth-order valence-corrected chi connectivity index (χ4v) is 1.94. The lowest BCUT2D eigenvalue weighted by Gasteiger charge is -2.12. The van der Waals surface area contributed by atoms with E-state index in [-0.39, 0.29) is 0 Å². The first-order valence-electron chi connectivity index (χ1n) is 6.70. The molecule has 1 rings (SSSR count). The monoisotopic (exact) mass is 243 g/mol. The standard InChI is InChI=1S/C17H25N/c1-14(2)9-8-10-15(3)13-16(4)18-17-11-6-5-7-12-17/h5-7,9,11-13,16,18H,8,10H2,1-4H3.